The Balaban J connectivity index is 1.46. The van der Waals surface area contributed by atoms with E-state index in [1.54, 1.807) is 10.9 Å². The molecule has 4 aromatic rings. The monoisotopic (exact) mass is 396 g/mol. The summed E-state index contributed by atoms with van der Waals surface area (Å²) in [5, 5.41) is 8.41. The maximum absolute atomic E-state index is 5.68. The first-order valence-electron chi connectivity index (χ1n) is 7.59. The molecule has 0 radical (unpaired) electrons. The highest BCUT2D eigenvalue weighted by Crippen LogP contribution is 2.21. The molecule has 2 aromatic carbocycles. The molecular formula is C18H13BrN4O2. The zero-order valence-electron chi connectivity index (χ0n) is 13.0. The molecule has 25 heavy (non-hydrogen) atoms. The van der Waals surface area contributed by atoms with E-state index in [4.69, 9.17) is 9.26 Å². The van der Waals surface area contributed by atoms with Crippen LogP contribution in [-0.4, -0.2) is 19.9 Å². The van der Waals surface area contributed by atoms with Gasteiger partial charge in [-0.15, -0.1) is 0 Å². The second-order valence-electron chi connectivity index (χ2n) is 5.26. The minimum Gasteiger partial charge on any atom is -0.471 e. The lowest BCUT2D eigenvalue weighted by atomic mass is 10.2. The Morgan fingerprint density at radius 3 is 2.60 bits per heavy atom. The summed E-state index contributed by atoms with van der Waals surface area (Å²) in [6.45, 7) is 0.293. The van der Waals surface area contributed by atoms with E-state index >= 15 is 0 Å². The lowest BCUT2D eigenvalue weighted by molar-refractivity contribution is 0.221. The van der Waals surface area contributed by atoms with Crippen molar-refractivity contribution in [3.8, 4) is 28.7 Å². The van der Waals surface area contributed by atoms with Crippen molar-refractivity contribution in [2.45, 2.75) is 6.73 Å². The average molecular weight is 397 g/mol. The van der Waals surface area contributed by atoms with Gasteiger partial charge in [-0.2, -0.15) is 10.1 Å². The molecule has 0 aliphatic rings. The molecule has 4 rings (SSSR count). The van der Waals surface area contributed by atoms with Crippen LogP contribution in [0, 0.1) is 0 Å². The largest absolute Gasteiger partial charge is 0.471 e. The van der Waals surface area contributed by atoms with Crippen molar-refractivity contribution < 1.29 is 9.26 Å². The Morgan fingerprint density at radius 1 is 1.00 bits per heavy atom. The molecule has 0 aliphatic carbocycles. The highest BCUT2D eigenvalue weighted by Gasteiger charge is 2.13. The third-order valence-corrected chi connectivity index (χ3v) is 4.02. The maximum Gasteiger partial charge on any atom is 0.278 e. The van der Waals surface area contributed by atoms with Crippen LogP contribution in [0.15, 0.2) is 75.9 Å². The van der Waals surface area contributed by atoms with Crippen LogP contribution in [0.4, 0.5) is 0 Å². The summed E-state index contributed by atoms with van der Waals surface area (Å²) >= 11 is 3.39. The lowest BCUT2D eigenvalue weighted by Crippen LogP contribution is -2.05. The predicted molar refractivity (Wildman–Crippen MR) is 95.7 cm³/mol. The van der Waals surface area contributed by atoms with Gasteiger partial charge in [0.05, 0.1) is 0 Å². The van der Waals surface area contributed by atoms with E-state index in [-0.39, 0.29) is 0 Å². The Morgan fingerprint density at radius 2 is 1.80 bits per heavy atom. The second kappa shape index (κ2) is 6.90. The minimum absolute atomic E-state index is 0.293. The Hall–Kier alpha value is -2.93. The number of rotatable bonds is 5. The summed E-state index contributed by atoms with van der Waals surface area (Å²) in [6.07, 6.45) is 1.81. The fourth-order valence-corrected chi connectivity index (χ4v) is 2.52. The topological polar surface area (TPSA) is 66.0 Å². The zero-order chi connectivity index (χ0) is 17.1. The zero-order valence-corrected chi connectivity index (χ0v) is 14.6. The van der Waals surface area contributed by atoms with Gasteiger partial charge in [0.25, 0.3) is 5.89 Å². The molecule has 0 saturated carbocycles. The van der Waals surface area contributed by atoms with Crippen molar-refractivity contribution in [1.29, 1.82) is 0 Å². The number of aromatic nitrogens is 4. The van der Waals surface area contributed by atoms with Crippen LogP contribution in [0.25, 0.3) is 23.0 Å². The maximum atomic E-state index is 5.68. The van der Waals surface area contributed by atoms with Crippen molar-refractivity contribution in [3.63, 3.8) is 0 Å². The number of halogens is 1. The van der Waals surface area contributed by atoms with Crippen LogP contribution >= 0.6 is 15.9 Å². The Bertz CT molecular complexity index is 964. The second-order valence-corrected chi connectivity index (χ2v) is 6.17. The van der Waals surface area contributed by atoms with E-state index in [0.29, 0.717) is 24.1 Å². The van der Waals surface area contributed by atoms with Gasteiger partial charge in [-0.1, -0.05) is 51.4 Å². The van der Waals surface area contributed by atoms with Gasteiger partial charge in [0.1, 0.15) is 5.75 Å². The molecule has 124 valence electrons. The van der Waals surface area contributed by atoms with Crippen molar-refractivity contribution in [2.75, 3.05) is 0 Å². The molecule has 2 heterocycles. The third kappa shape index (κ3) is 3.61. The number of ether oxygens (including phenoxy) is 1. The van der Waals surface area contributed by atoms with Gasteiger partial charge in [0.2, 0.25) is 5.82 Å². The van der Waals surface area contributed by atoms with Crippen LogP contribution in [0.5, 0.6) is 5.75 Å². The molecule has 0 aliphatic heterocycles. The van der Waals surface area contributed by atoms with Crippen LogP contribution in [0.2, 0.25) is 0 Å². The first-order valence-corrected chi connectivity index (χ1v) is 8.38. The van der Waals surface area contributed by atoms with Gasteiger partial charge in [-0.25, -0.2) is 4.68 Å². The molecule has 0 atom stereocenters. The minimum atomic E-state index is 0.293. The van der Waals surface area contributed by atoms with E-state index in [9.17, 15) is 0 Å². The normalized spacial score (nSPS) is 10.8. The fraction of sp³-hybridized carbons (Fsp3) is 0.0556. The molecule has 7 heteroatoms. The Labute approximate surface area is 152 Å². The number of hydrogen-bond acceptors (Lipinski definition) is 5. The van der Waals surface area contributed by atoms with Gasteiger partial charge in [0.15, 0.2) is 12.4 Å². The average Bonchev–Trinajstić information content (AvgIpc) is 3.31. The van der Waals surface area contributed by atoms with Crippen molar-refractivity contribution >= 4 is 15.9 Å². The lowest BCUT2D eigenvalue weighted by Gasteiger charge is -2.05. The van der Waals surface area contributed by atoms with Gasteiger partial charge in [-0.05, 0) is 30.3 Å². The van der Waals surface area contributed by atoms with Gasteiger partial charge >= 0.3 is 0 Å². The van der Waals surface area contributed by atoms with Gasteiger partial charge in [0, 0.05) is 16.2 Å². The highest BCUT2D eigenvalue weighted by atomic mass is 79.9. The SMILES string of the molecule is Brc1ccc(OCn2ccc(-c3nc(-c4ccccc4)no3)n2)cc1. The summed E-state index contributed by atoms with van der Waals surface area (Å²) in [5.74, 6) is 1.68. The van der Waals surface area contributed by atoms with Crippen LogP contribution < -0.4 is 4.74 Å². The fourth-order valence-electron chi connectivity index (χ4n) is 2.25. The third-order valence-electron chi connectivity index (χ3n) is 3.49. The van der Waals surface area contributed by atoms with Crippen LogP contribution in [-0.2, 0) is 6.73 Å². The quantitative estimate of drug-likeness (QED) is 0.500. The molecule has 0 spiro atoms. The molecular weight excluding hydrogens is 384 g/mol. The van der Waals surface area contributed by atoms with E-state index in [1.807, 2.05) is 60.7 Å². The van der Waals surface area contributed by atoms with E-state index in [0.717, 1.165) is 15.8 Å². The summed E-state index contributed by atoms with van der Waals surface area (Å²) < 4.78 is 13.7. The van der Waals surface area contributed by atoms with Crippen molar-refractivity contribution in [1.82, 2.24) is 19.9 Å². The standard InChI is InChI=1S/C18H13BrN4O2/c19-14-6-8-15(9-7-14)24-12-23-11-10-16(21-23)18-20-17(22-25-18)13-4-2-1-3-5-13/h1-11H,12H2. The molecule has 0 saturated heterocycles. The Kier molecular flexibility index (Phi) is 4.30. The molecule has 0 bridgehead atoms. The summed E-state index contributed by atoms with van der Waals surface area (Å²) in [5.41, 5.74) is 1.50. The number of hydrogen-bond donors (Lipinski definition) is 0. The van der Waals surface area contributed by atoms with Crippen molar-refractivity contribution in [3.05, 3.63) is 71.3 Å². The molecule has 0 unspecified atom stereocenters. The van der Waals surface area contributed by atoms with E-state index in [2.05, 4.69) is 31.2 Å². The van der Waals surface area contributed by atoms with Crippen LogP contribution in [0.3, 0.4) is 0 Å². The highest BCUT2D eigenvalue weighted by molar-refractivity contribution is 9.10. The van der Waals surface area contributed by atoms with E-state index < -0.39 is 0 Å². The van der Waals surface area contributed by atoms with Crippen molar-refractivity contribution in [2.24, 2.45) is 0 Å². The first kappa shape index (κ1) is 15.6. The number of nitrogens with zero attached hydrogens (tertiary/aromatic N) is 4. The predicted octanol–water partition coefficient (Wildman–Crippen LogP) is 4.40. The van der Waals surface area contributed by atoms with Gasteiger partial charge in [-0.3, -0.25) is 0 Å². The number of benzene rings is 2. The van der Waals surface area contributed by atoms with Gasteiger partial charge < -0.3 is 9.26 Å². The summed E-state index contributed by atoms with van der Waals surface area (Å²) in [4.78, 5) is 4.39. The summed E-state index contributed by atoms with van der Waals surface area (Å²) in [6, 6.07) is 19.1. The molecule has 2 aromatic heterocycles. The van der Waals surface area contributed by atoms with Crippen LogP contribution in [0.1, 0.15) is 0 Å². The smallest absolute Gasteiger partial charge is 0.278 e. The summed E-state index contributed by atoms with van der Waals surface area (Å²) in [7, 11) is 0. The first-order chi connectivity index (χ1) is 12.3. The molecule has 6 nitrogen and oxygen atoms in total. The molecule has 0 amide bonds. The molecule has 0 fully saturated rings. The van der Waals surface area contributed by atoms with E-state index in [1.165, 1.54) is 0 Å². The molecule has 0 N–H and O–H groups in total.